The number of likely N-dealkylation sites (tertiary alicyclic amines) is 1. The average molecular weight is 294 g/mol. The van der Waals surface area contributed by atoms with Gasteiger partial charge in [0, 0.05) is 19.1 Å². The van der Waals surface area contributed by atoms with Crippen LogP contribution in [0.2, 0.25) is 0 Å². The second kappa shape index (κ2) is 4.87. The Labute approximate surface area is 123 Å². The minimum Gasteiger partial charge on any atom is -0.481 e. The Bertz CT molecular complexity index is 457. The van der Waals surface area contributed by atoms with Gasteiger partial charge >= 0.3 is 12.0 Å². The van der Waals surface area contributed by atoms with E-state index in [1.165, 1.54) is 0 Å². The number of carboxylic acid groups (broad SMARTS) is 1. The van der Waals surface area contributed by atoms with Crippen LogP contribution in [0.4, 0.5) is 4.79 Å². The van der Waals surface area contributed by atoms with E-state index in [4.69, 9.17) is 4.74 Å². The first-order valence-corrected chi connectivity index (χ1v) is 8.05. The Morgan fingerprint density at radius 2 is 1.71 bits per heavy atom. The van der Waals surface area contributed by atoms with Gasteiger partial charge in [0.05, 0.1) is 18.1 Å². The highest BCUT2D eigenvalue weighted by Gasteiger charge is 2.52. The molecule has 0 aromatic rings. The number of nitrogens with one attached hydrogen (secondary N) is 1. The first-order valence-electron chi connectivity index (χ1n) is 8.05. The number of amides is 2. The zero-order chi connectivity index (χ0) is 14.6. The number of nitrogens with zero attached hydrogens (tertiary/aromatic N) is 1. The molecule has 4 aliphatic rings. The molecule has 0 radical (unpaired) electrons. The van der Waals surface area contributed by atoms with Crippen LogP contribution in [0.1, 0.15) is 32.1 Å². The van der Waals surface area contributed by atoms with Crippen LogP contribution in [0.5, 0.6) is 0 Å². The highest BCUT2D eigenvalue weighted by atomic mass is 16.5. The number of urea groups is 1. The van der Waals surface area contributed by atoms with E-state index in [1.54, 1.807) is 0 Å². The van der Waals surface area contributed by atoms with E-state index < -0.39 is 11.9 Å². The molecule has 116 valence electrons. The Kier molecular flexibility index (Phi) is 3.10. The lowest BCUT2D eigenvalue weighted by atomic mass is 9.84. The summed E-state index contributed by atoms with van der Waals surface area (Å²) in [5, 5.41) is 12.5. The quantitative estimate of drug-likeness (QED) is 0.798. The van der Waals surface area contributed by atoms with Crippen LogP contribution in [-0.2, 0) is 9.53 Å². The number of aliphatic carboxylic acids is 1. The molecule has 2 N–H and O–H groups in total. The third-order valence-corrected chi connectivity index (χ3v) is 5.82. The van der Waals surface area contributed by atoms with Crippen molar-refractivity contribution in [2.45, 2.75) is 50.4 Å². The summed E-state index contributed by atoms with van der Waals surface area (Å²) in [5.41, 5.74) is 0. The van der Waals surface area contributed by atoms with Crippen molar-refractivity contribution in [3.63, 3.8) is 0 Å². The van der Waals surface area contributed by atoms with Gasteiger partial charge in [-0.3, -0.25) is 4.79 Å². The molecule has 2 amide bonds. The minimum atomic E-state index is -0.755. The summed E-state index contributed by atoms with van der Waals surface area (Å²) in [5.74, 6) is -0.559. The van der Waals surface area contributed by atoms with E-state index >= 15 is 0 Å². The molecule has 2 saturated heterocycles. The second-order valence-corrected chi connectivity index (χ2v) is 7.03. The van der Waals surface area contributed by atoms with E-state index in [0.717, 1.165) is 32.1 Å². The standard InChI is InChI=1S/C15H22N2O4/c18-14(19)12-8-1-2-9(5-8)13(12)16-15(20)17-6-10-3-4-11(7-17)21-10/h8-13H,1-7H2,(H,16,20)(H,18,19). The lowest BCUT2D eigenvalue weighted by Crippen LogP contribution is -2.55. The van der Waals surface area contributed by atoms with Crippen molar-refractivity contribution in [3.05, 3.63) is 0 Å². The molecule has 0 aromatic carbocycles. The zero-order valence-corrected chi connectivity index (χ0v) is 12.0. The average Bonchev–Trinajstić information content (AvgIpc) is 3.13. The first kappa shape index (κ1) is 13.4. The van der Waals surface area contributed by atoms with Gasteiger partial charge in [-0.25, -0.2) is 4.79 Å². The molecule has 4 bridgehead atoms. The molecule has 2 aliphatic carbocycles. The van der Waals surface area contributed by atoms with Crippen LogP contribution in [0, 0.1) is 17.8 Å². The topological polar surface area (TPSA) is 78.9 Å². The maximum Gasteiger partial charge on any atom is 0.317 e. The number of hydrogen-bond acceptors (Lipinski definition) is 3. The summed E-state index contributed by atoms with van der Waals surface area (Å²) >= 11 is 0. The monoisotopic (exact) mass is 294 g/mol. The Balaban J connectivity index is 1.43. The lowest BCUT2D eigenvalue weighted by molar-refractivity contribution is -0.144. The van der Waals surface area contributed by atoms with Crippen molar-refractivity contribution >= 4 is 12.0 Å². The molecule has 6 unspecified atom stereocenters. The van der Waals surface area contributed by atoms with Crippen LogP contribution >= 0.6 is 0 Å². The van der Waals surface area contributed by atoms with E-state index in [-0.39, 0.29) is 30.2 Å². The Hall–Kier alpha value is -1.30. The van der Waals surface area contributed by atoms with Crippen LogP contribution in [0.25, 0.3) is 0 Å². The van der Waals surface area contributed by atoms with Crippen molar-refractivity contribution < 1.29 is 19.4 Å². The van der Waals surface area contributed by atoms with Gasteiger partial charge in [0.15, 0.2) is 0 Å². The molecule has 6 nitrogen and oxygen atoms in total. The number of carbonyl (C=O) groups excluding carboxylic acids is 1. The molecule has 0 aromatic heterocycles. The molecule has 2 saturated carbocycles. The highest BCUT2D eigenvalue weighted by Crippen LogP contribution is 2.48. The van der Waals surface area contributed by atoms with E-state index in [2.05, 4.69) is 5.32 Å². The summed E-state index contributed by atoms with van der Waals surface area (Å²) in [6.07, 6.45) is 5.40. The van der Waals surface area contributed by atoms with Crippen LogP contribution in [-0.4, -0.2) is 53.3 Å². The normalized spacial score (nSPS) is 44.1. The fraction of sp³-hybridized carbons (Fsp3) is 0.867. The summed E-state index contributed by atoms with van der Waals surface area (Å²) in [4.78, 5) is 25.8. The molecular weight excluding hydrogens is 272 g/mol. The van der Waals surface area contributed by atoms with Crippen molar-refractivity contribution in [3.8, 4) is 0 Å². The van der Waals surface area contributed by atoms with E-state index in [1.807, 2.05) is 4.90 Å². The van der Waals surface area contributed by atoms with Crippen LogP contribution in [0.3, 0.4) is 0 Å². The molecule has 6 heteroatoms. The smallest absolute Gasteiger partial charge is 0.317 e. The van der Waals surface area contributed by atoms with Crippen molar-refractivity contribution in [2.24, 2.45) is 17.8 Å². The van der Waals surface area contributed by atoms with Crippen molar-refractivity contribution in [1.29, 1.82) is 0 Å². The number of ether oxygens (including phenoxy) is 1. The fourth-order valence-electron chi connectivity index (χ4n) is 4.87. The third-order valence-electron chi connectivity index (χ3n) is 5.82. The zero-order valence-electron chi connectivity index (χ0n) is 12.0. The highest BCUT2D eigenvalue weighted by molar-refractivity contribution is 5.78. The molecule has 0 spiro atoms. The fourth-order valence-corrected chi connectivity index (χ4v) is 4.87. The molecule has 4 rings (SSSR count). The van der Waals surface area contributed by atoms with Gasteiger partial charge in [0.1, 0.15) is 0 Å². The summed E-state index contributed by atoms with van der Waals surface area (Å²) in [6.45, 7) is 1.28. The number of carboxylic acids is 1. The molecule has 2 aliphatic heterocycles. The van der Waals surface area contributed by atoms with Gasteiger partial charge in [-0.05, 0) is 43.9 Å². The first-order chi connectivity index (χ1) is 10.1. The molecule has 6 atom stereocenters. The van der Waals surface area contributed by atoms with Crippen LogP contribution < -0.4 is 5.32 Å². The Morgan fingerprint density at radius 1 is 1.05 bits per heavy atom. The minimum absolute atomic E-state index is 0.0981. The maximum atomic E-state index is 12.5. The number of morpholine rings is 1. The van der Waals surface area contributed by atoms with E-state index in [9.17, 15) is 14.7 Å². The molecule has 21 heavy (non-hydrogen) atoms. The molecule has 4 fully saturated rings. The van der Waals surface area contributed by atoms with Crippen molar-refractivity contribution in [1.82, 2.24) is 10.2 Å². The van der Waals surface area contributed by atoms with Gasteiger partial charge in [0.25, 0.3) is 0 Å². The summed E-state index contributed by atoms with van der Waals surface area (Å²) < 4.78 is 5.74. The third kappa shape index (κ3) is 2.20. The predicted octanol–water partition coefficient (Wildman–Crippen LogP) is 1.06. The largest absolute Gasteiger partial charge is 0.481 e. The van der Waals surface area contributed by atoms with Crippen LogP contribution in [0.15, 0.2) is 0 Å². The Morgan fingerprint density at radius 3 is 2.38 bits per heavy atom. The van der Waals surface area contributed by atoms with Gasteiger partial charge < -0.3 is 20.1 Å². The number of hydrogen-bond donors (Lipinski definition) is 2. The van der Waals surface area contributed by atoms with Gasteiger partial charge in [0.2, 0.25) is 0 Å². The predicted molar refractivity (Wildman–Crippen MR) is 73.7 cm³/mol. The molecule has 2 heterocycles. The van der Waals surface area contributed by atoms with E-state index in [0.29, 0.717) is 19.0 Å². The number of carbonyl (C=O) groups is 2. The summed E-state index contributed by atoms with van der Waals surface area (Å²) in [6, 6.07) is -0.284. The second-order valence-electron chi connectivity index (χ2n) is 7.03. The number of rotatable bonds is 2. The summed E-state index contributed by atoms with van der Waals surface area (Å²) in [7, 11) is 0. The van der Waals surface area contributed by atoms with Gasteiger partial charge in [-0.2, -0.15) is 0 Å². The van der Waals surface area contributed by atoms with Gasteiger partial charge in [-0.1, -0.05) is 0 Å². The SMILES string of the molecule is O=C(O)C1C2CCC(C2)C1NC(=O)N1CC2CCC(C1)O2. The lowest BCUT2D eigenvalue weighted by Gasteiger charge is -2.35. The van der Waals surface area contributed by atoms with Gasteiger partial charge in [-0.15, -0.1) is 0 Å². The maximum absolute atomic E-state index is 12.5. The number of fused-ring (bicyclic) bond motifs is 4. The molecular formula is C15H22N2O4. The van der Waals surface area contributed by atoms with Crippen molar-refractivity contribution in [2.75, 3.05) is 13.1 Å².